The smallest absolute Gasteiger partial charge is 0.381 e. The molecular weight excluding hydrogens is 471 g/mol. The molecule has 0 bridgehead atoms. The van der Waals surface area contributed by atoms with Gasteiger partial charge >= 0.3 is 12.4 Å². The van der Waals surface area contributed by atoms with E-state index in [0.29, 0.717) is 18.4 Å². The fourth-order valence-electron chi connectivity index (χ4n) is 1.78. The molecule has 2 rings (SSSR count). The van der Waals surface area contributed by atoms with E-state index >= 15 is 0 Å². The minimum Gasteiger partial charge on any atom is -0.381 e. The number of aromatic nitrogens is 2. The summed E-state index contributed by atoms with van der Waals surface area (Å²) in [6.45, 7) is -0.854. The third-order valence-electron chi connectivity index (χ3n) is 3.14. The van der Waals surface area contributed by atoms with Gasteiger partial charge in [0.2, 0.25) is 6.54 Å². The zero-order valence-corrected chi connectivity index (χ0v) is 15.7. The van der Waals surface area contributed by atoms with Gasteiger partial charge in [0.15, 0.2) is 6.29 Å². The average Bonchev–Trinajstić information content (AvgIpc) is 2.59. The second kappa shape index (κ2) is 10.00. The third-order valence-corrected chi connectivity index (χ3v) is 3.75. The molecule has 164 valence electrons. The number of alkyl halides is 6. The molecule has 0 spiro atoms. The summed E-state index contributed by atoms with van der Waals surface area (Å²) in [6, 6.07) is 3.15. The summed E-state index contributed by atoms with van der Waals surface area (Å²) in [5, 5.41) is 18.4. The first-order valence-corrected chi connectivity index (χ1v) is 8.14. The van der Waals surface area contributed by atoms with Crippen molar-refractivity contribution in [2.75, 3.05) is 6.54 Å². The van der Waals surface area contributed by atoms with Crippen LogP contribution in [0.4, 0.5) is 26.3 Å². The fourth-order valence-corrected chi connectivity index (χ4v) is 2.26. The van der Waals surface area contributed by atoms with Crippen LogP contribution in [0.1, 0.15) is 33.4 Å². The van der Waals surface area contributed by atoms with Gasteiger partial charge in [-0.2, -0.15) is 26.3 Å². The van der Waals surface area contributed by atoms with Crippen LogP contribution < -0.4 is 0 Å². The van der Waals surface area contributed by atoms with Crippen LogP contribution in [-0.4, -0.2) is 32.8 Å². The number of pyridine rings is 2. The molecule has 0 aliphatic heterocycles. The Kier molecular flexibility index (Phi) is 8.51. The molecule has 1 atom stereocenters. The molecule has 0 radical (unpaired) electrons. The van der Waals surface area contributed by atoms with E-state index in [1.54, 1.807) is 0 Å². The minimum atomic E-state index is -4.66. The van der Waals surface area contributed by atoms with Crippen molar-refractivity contribution >= 4 is 29.5 Å². The van der Waals surface area contributed by atoms with Gasteiger partial charge in [-0.15, -0.1) is 0 Å². The predicted octanol–water partition coefficient (Wildman–Crippen LogP) is 4.63. The summed E-state index contributed by atoms with van der Waals surface area (Å²) < 4.78 is 72.6. The molecule has 2 aromatic heterocycles. The van der Waals surface area contributed by atoms with Gasteiger partial charge in [0.1, 0.15) is 27.8 Å². The molecule has 30 heavy (non-hydrogen) atoms. The maximum Gasteiger partial charge on any atom is 0.433 e. The summed E-state index contributed by atoms with van der Waals surface area (Å²) in [4.78, 5) is 25.6. The van der Waals surface area contributed by atoms with Crippen LogP contribution in [0.25, 0.3) is 0 Å². The summed E-state index contributed by atoms with van der Waals surface area (Å²) >= 11 is 10.7. The zero-order valence-electron chi connectivity index (χ0n) is 14.2. The SMILES string of the molecule is O=Cc1ccc(C(F)(F)F)nc1Cl.O=[N+]([O-])CC(O)c1ccc(C(F)(F)F)nc1Cl. The molecule has 2 aromatic rings. The highest BCUT2D eigenvalue weighted by Gasteiger charge is 2.34. The Morgan fingerprint density at radius 1 is 1.00 bits per heavy atom. The van der Waals surface area contributed by atoms with Crippen LogP contribution in [0.2, 0.25) is 10.3 Å². The molecule has 1 N–H and O–H groups in total. The summed E-state index contributed by atoms with van der Waals surface area (Å²) in [6.07, 6.45) is -10.4. The van der Waals surface area contributed by atoms with E-state index in [2.05, 4.69) is 9.97 Å². The first-order valence-electron chi connectivity index (χ1n) is 7.39. The van der Waals surface area contributed by atoms with E-state index in [1.165, 1.54) is 0 Å². The summed E-state index contributed by atoms with van der Waals surface area (Å²) in [7, 11) is 0. The largest absolute Gasteiger partial charge is 0.433 e. The molecule has 0 amide bonds. The topological polar surface area (TPSA) is 106 Å². The maximum absolute atomic E-state index is 12.2. The monoisotopic (exact) mass is 479 g/mol. The number of halogens is 8. The van der Waals surface area contributed by atoms with Gasteiger partial charge in [0.05, 0.1) is 5.56 Å². The first-order chi connectivity index (χ1) is 13.7. The van der Waals surface area contributed by atoms with Gasteiger partial charge in [-0.05, 0) is 18.2 Å². The molecular formula is C15H9Cl2F6N3O4. The van der Waals surface area contributed by atoms with Crippen molar-refractivity contribution in [3.8, 4) is 0 Å². The number of aliphatic hydroxyl groups is 1. The van der Waals surface area contributed by atoms with Crippen molar-refractivity contribution in [2.24, 2.45) is 0 Å². The van der Waals surface area contributed by atoms with Gasteiger partial charge in [0.25, 0.3) is 0 Å². The lowest BCUT2D eigenvalue weighted by Gasteiger charge is -2.10. The van der Waals surface area contributed by atoms with Crippen molar-refractivity contribution in [3.63, 3.8) is 0 Å². The lowest BCUT2D eigenvalue weighted by atomic mass is 10.1. The number of nitrogens with zero attached hydrogens (tertiary/aromatic N) is 3. The van der Waals surface area contributed by atoms with E-state index in [0.717, 1.165) is 12.1 Å². The average molecular weight is 480 g/mol. The minimum absolute atomic E-state index is 0.0605. The Morgan fingerprint density at radius 2 is 1.47 bits per heavy atom. The second-order valence-corrected chi connectivity index (χ2v) is 6.01. The number of hydrogen-bond acceptors (Lipinski definition) is 6. The van der Waals surface area contributed by atoms with Crippen LogP contribution in [0.3, 0.4) is 0 Å². The molecule has 2 heterocycles. The highest BCUT2D eigenvalue weighted by Crippen LogP contribution is 2.31. The zero-order chi connectivity index (χ0) is 23.3. The molecule has 7 nitrogen and oxygen atoms in total. The lowest BCUT2D eigenvalue weighted by Crippen LogP contribution is -2.14. The molecule has 1 unspecified atom stereocenters. The normalized spacial score (nSPS) is 12.6. The van der Waals surface area contributed by atoms with Crippen LogP contribution in [0, 0.1) is 10.1 Å². The Labute approximate surface area is 173 Å². The van der Waals surface area contributed by atoms with Crippen LogP contribution in [0.15, 0.2) is 24.3 Å². The van der Waals surface area contributed by atoms with E-state index < -0.39 is 51.6 Å². The molecule has 0 aliphatic rings. The van der Waals surface area contributed by atoms with Crippen LogP contribution in [-0.2, 0) is 12.4 Å². The number of aldehydes is 1. The van der Waals surface area contributed by atoms with Crippen molar-refractivity contribution in [2.45, 2.75) is 18.5 Å². The van der Waals surface area contributed by atoms with Crippen molar-refractivity contribution < 1.29 is 41.2 Å². The third kappa shape index (κ3) is 7.39. The highest BCUT2D eigenvalue weighted by atomic mass is 35.5. The Balaban J connectivity index is 0.000000311. The van der Waals surface area contributed by atoms with Crippen molar-refractivity contribution in [1.29, 1.82) is 0 Å². The second-order valence-electron chi connectivity index (χ2n) is 5.30. The van der Waals surface area contributed by atoms with Gasteiger partial charge in [-0.1, -0.05) is 29.3 Å². The van der Waals surface area contributed by atoms with Crippen LogP contribution >= 0.6 is 23.2 Å². The molecule has 0 saturated heterocycles. The Hall–Kier alpha value is -2.51. The van der Waals surface area contributed by atoms with Crippen LogP contribution in [0.5, 0.6) is 0 Å². The van der Waals surface area contributed by atoms with Crippen molar-refractivity contribution in [1.82, 2.24) is 9.97 Å². The maximum atomic E-state index is 12.2. The molecule has 0 saturated carbocycles. The number of carbonyl (C=O) groups excluding carboxylic acids is 1. The first kappa shape index (κ1) is 25.5. The number of hydrogen-bond donors (Lipinski definition) is 1. The summed E-state index contributed by atoms with van der Waals surface area (Å²) in [5.41, 5.74) is -2.60. The van der Waals surface area contributed by atoms with Gasteiger partial charge < -0.3 is 5.11 Å². The van der Waals surface area contributed by atoms with E-state index in [1.807, 2.05) is 0 Å². The van der Waals surface area contributed by atoms with Gasteiger partial charge in [-0.3, -0.25) is 14.9 Å². The van der Waals surface area contributed by atoms with Gasteiger partial charge in [0, 0.05) is 10.5 Å². The quantitative estimate of drug-likeness (QED) is 0.225. The number of rotatable bonds is 4. The predicted molar refractivity (Wildman–Crippen MR) is 90.7 cm³/mol. The number of nitro groups is 1. The standard InChI is InChI=1S/C8H6ClF3N2O3.C7H3ClF3NO/c9-7-4(5(15)3-14(16)17)1-2-6(13-7)8(10,11)12;8-6-4(3-13)1-2-5(12-6)7(9,10)11/h1-2,5,15H,3H2;1-3H. The Bertz CT molecular complexity index is 924. The highest BCUT2D eigenvalue weighted by molar-refractivity contribution is 6.31. The van der Waals surface area contributed by atoms with E-state index in [4.69, 9.17) is 23.2 Å². The molecule has 15 heteroatoms. The fraction of sp³-hybridized carbons (Fsp3) is 0.267. The van der Waals surface area contributed by atoms with E-state index in [-0.39, 0.29) is 11.1 Å². The molecule has 0 fully saturated rings. The lowest BCUT2D eigenvalue weighted by molar-refractivity contribution is -0.491. The van der Waals surface area contributed by atoms with E-state index in [9.17, 15) is 46.4 Å². The number of aliphatic hydroxyl groups excluding tert-OH is 1. The van der Waals surface area contributed by atoms with Gasteiger partial charge in [-0.25, -0.2) is 9.97 Å². The number of carbonyl (C=O) groups is 1. The van der Waals surface area contributed by atoms with Crippen molar-refractivity contribution in [3.05, 3.63) is 67.2 Å². The molecule has 0 aromatic carbocycles. The summed E-state index contributed by atoms with van der Waals surface area (Å²) in [5.74, 6) is 0. The molecule has 0 aliphatic carbocycles. The Morgan fingerprint density at radius 3 is 1.83 bits per heavy atom.